The highest BCUT2D eigenvalue weighted by atomic mass is 32.2. The van der Waals surface area contributed by atoms with Crippen molar-refractivity contribution >= 4 is 16.4 Å². The lowest BCUT2D eigenvalue weighted by atomic mass is 10.4. The van der Waals surface area contributed by atoms with Crippen molar-refractivity contribution in [2.45, 2.75) is 0 Å². The normalized spacial score (nSPS) is 20.2. The predicted molar refractivity (Wildman–Crippen MR) is 47.8 cm³/mol. The van der Waals surface area contributed by atoms with Gasteiger partial charge in [0.15, 0.2) is 0 Å². The molecule has 0 aromatic rings. The Morgan fingerprint density at radius 2 is 2.00 bits per heavy atom. The first kappa shape index (κ1) is 9.47. The molecule has 0 aromatic carbocycles. The molecule has 70 valence electrons. The number of hydrogen-bond donors (Lipinski definition) is 1. The maximum atomic E-state index is 10.6. The first-order chi connectivity index (χ1) is 5.58. The monoisotopic (exact) mass is 191 g/mol. The fraction of sp³-hybridized carbons (Fsp3) is 0.833. The Morgan fingerprint density at radius 1 is 1.42 bits per heavy atom. The van der Waals surface area contributed by atoms with Crippen molar-refractivity contribution in [3.05, 3.63) is 0 Å². The molecule has 1 heterocycles. The van der Waals surface area contributed by atoms with Crippen LogP contribution < -0.4 is 5.32 Å². The van der Waals surface area contributed by atoms with Crippen molar-refractivity contribution in [3.63, 3.8) is 0 Å². The van der Waals surface area contributed by atoms with Crippen LogP contribution in [0.5, 0.6) is 0 Å². The molecule has 0 spiro atoms. The average Bonchev–Trinajstić information content (AvgIpc) is 2.02. The Kier molecular flexibility index (Phi) is 3.05. The van der Waals surface area contributed by atoms with Crippen LogP contribution in [0.3, 0.4) is 0 Å². The van der Waals surface area contributed by atoms with Crippen molar-refractivity contribution in [1.82, 2.24) is 10.2 Å². The molecular weight excluding hydrogens is 178 g/mol. The molecule has 1 aliphatic heterocycles. The van der Waals surface area contributed by atoms with Gasteiger partial charge in [-0.25, -0.2) is 8.42 Å². The summed E-state index contributed by atoms with van der Waals surface area (Å²) in [7, 11) is -3.22. The molecule has 0 atom stereocenters. The number of piperazine rings is 1. The van der Waals surface area contributed by atoms with Gasteiger partial charge in [-0.3, -0.25) is 0 Å². The summed E-state index contributed by atoms with van der Waals surface area (Å²) in [6.07, 6.45) is 2.49. The third-order valence-electron chi connectivity index (χ3n) is 1.55. The van der Waals surface area contributed by atoms with Crippen molar-refractivity contribution < 1.29 is 8.42 Å². The highest BCUT2D eigenvalue weighted by molar-refractivity contribution is 7.89. The van der Waals surface area contributed by atoms with E-state index in [2.05, 4.69) is 9.71 Å². The molecule has 0 radical (unpaired) electrons. The van der Waals surface area contributed by atoms with Gasteiger partial charge in [0, 0.05) is 26.2 Å². The highest BCUT2D eigenvalue weighted by Gasteiger charge is 2.05. The number of hydrogen-bond acceptors (Lipinski definition) is 3. The molecule has 12 heavy (non-hydrogen) atoms. The van der Waals surface area contributed by atoms with Crippen LogP contribution >= 0.6 is 0 Å². The zero-order chi connectivity index (χ0) is 9.03. The molecule has 6 heteroatoms. The van der Waals surface area contributed by atoms with Crippen LogP contribution in [0.25, 0.3) is 0 Å². The van der Waals surface area contributed by atoms with Crippen LogP contribution in [-0.4, -0.2) is 52.1 Å². The standard InChI is InChI=1S/C6H13N3O2S/c1-12(10,11)8-6-9-4-2-7-3-5-9/h6-7H,2-5H2,1H3. The van der Waals surface area contributed by atoms with Gasteiger partial charge >= 0.3 is 0 Å². The van der Waals surface area contributed by atoms with E-state index in [-0.39, 0.29) is 0 Å². The summed E-state index contributed by atoms with van der Waals surface area (Å²) >= 11 is 0. The molecule has 0 aliphatic carbocycles. The van der Waals surface area contributed by atoms with E-state index in [0.717, 1.165) is 32.4 Å². The van der Waals surface area contributed by atoms with Gasteiger partial charge in [-0.15, -0.1) is 0 Å². The number of nitrogens with zero attached hydrogens (tertiary/aromatic N) is 2. The van der Waals surface area contributed by atoms with Crippen LogP contribution in [0.15, 0.2) is 4.40 Å². The van der Waals surface area contributed by atoms with E-state index in [1.807, 2.05) is 4.90 Å². The maximum Gasteiger partial charge on any atom is 0.251 e. The SMILES string of the molecule is CS(=O)(=O)N=CN1CCNCC1. The molecule has 1 N–H and O–H groups in total. The topological polar surface area (TPSA) is 61.8 Å². The van der Waals surface area contributed by atoms with Crippen molar-refractivity contribution in [3.8, 4) is 0 Å². The fourth-order valence-corrected chi connectivity index (χ4v) is 1.25. The molecule has 0 unspecified atom stereocenters. The van der Waals surface area contributed by atoms with Gasteiger partial charge in [0.2, 0.25) is 0 Å². The number of nitrogens with one attached hydrogen (secondary N) is 1. The molecule has 0 aromatic heterocycles. The van der Waals surface area contributed by atoms with E-state index in [1.165, 1.54) is 6.34 Å². The zero-order valence-electron chi connectivity index (χ0n) is 7.02. The van der Waals surface area contributed by atoms with E-state index in [4.69, 9.17) is 0 Å². The van der Waals surface area contributed by atoms with E-state index in [1.54, 1.807) is 0 Å². The van der Waals surface area contributed by atoms with Crippen LogP contribution in [-0.2, 0) is 10.0 Å². The summed E-state index contributed by atoms with van der Waals surface area (Å²) in [6.45, 7) is 3.41. The second-order valence-electron chi connectivity index (χ2n) is 2.74. The Hall–Kier alpha value is -0.620. The Labute approximate surface area is 72.5 Å². The Bertz CT molecular complexity index is 254. The second kappa shape index (κ2) is 3.86. The third kappa shape index (κ3) is 3.68. The lowest BCUT2D eigenvalue weighted by Gasteiger charge is -2.24. The smallest absolute Gasteiger partial charge is 0.251 e. The van der Waals surface area contributed by atoms with Crippen molar-refractivity contribution in [1.29, 1.82) is 0 Å². The van der Waals surface area contributed by atoms with E-state index >= 15 is 0 Å². The third-order valence-corrected chi connectivity index (χ3v) is 2.03. The van der Waals surface area contributed by atoms with E-state index in [9.17, 15) is 8.42 Å². The van der Waals surface area contributed by atoms with Gasteiger partial charge in [0.25, 0.3) is 10.0 Å². The molecule has 5 nitrogen and oxygen atoms in total. The molecule has 1 rings (SSSR count). The van der Waals surface area contributed by atoms with E-state index < -0.39 is 10.0 Å². The minimum absolute atomic E-state index is 0.818. The Morgan fingerprint density at radius 3 is 2.50 bits per heavy atom. The van der Waals surface area contributed by atoms with Gasteiger partial charge in [-0.05, 0) is 0 Å². The first-order valence-corrected chi connectivity index (χ1v) is 5.63. The van der Waals surface area contributed by atoms with Gasteiger partial charge in [-0.1, -0.05) is 0 Å². The predicted octanol–water partition coefficient (Wildman–Crippen LogP) is -1.12. The molecule has 1 aliphatic rings. The molecular formula is C6H13N3O2S. The molecule has 1 fully saturated rings. The van der Waals surface area contributed by atoms with Crippen LogP contribution in [0.2, 0.25) is 0 Å². The average molecular weight is 191 g/mol. The van der Waals surface area contributed by atoms with Crippen LogP contribution in [0.1, 0.15) is 0 Å². The first-order valence-electron chi connectivity index (χ1n) is 3.78. The minimum Gasteiger partial charge on any atom is -0.359 e. The molecule has 0 saturated carbocycles. The Balaban J connectivity index is 2.44. The van der Waals surface area contributed by atoms with Crippen LogP contribution in [0.4, 0.5) is 0 Å². The number of sulfonamides is 1. The molecule has 1 saturated heterocycles. The maximum absolute atomic E-state index is 10.6. The molecule has 0 bridgehead atoms. The lowest BCUT2D eigenvalue weighted by Crippen LogP contribution is -2.42. The van der Waals surface area contributed by atoms with Crippen molar-refractivity contribution in [2.24, 2.45) is 4.40 Å². The fourth-order valence-electron chi connectivity index (χ4n) is 0.950. The summed E-state index contributed by atoms with van der Waals surface area (Å²) in [5.74, 6) is 0. The minimum atomic E-state index is -3.22. The lowest BCUT2D eigenvalue weighted by molar-refractivity contribution is 0.366. The van der Waals surface area contributed by atoms with E-state index in [0.29, 0.717) is 0 Å². The summed E-state index contributed by atoms with van der Waals surface area (Å²) < 4.78 is 24.7. The summed E-state index contributed by atoms with van der Waals surface area (Å²) in [5, 5.41) is 3.16. The van der Waals surface area contributed by atoms with Gasteiger partial charge < -0.3 is 10.2 Å². The zero-order valence-corrected chi connectivity index (χ0v) is 7.84. The van der Waals surface area contributed by atoms with Gasteiger partial charge in [-0.2, -0.15) is 4.40 Å². The van der Waals surface area contributed by atoms with Gasteiger partial charge in [0.1, 0.15) is 6.34 Å². The summed E-state index contributed by atoms with van der Waals surface area (Å²) in [5.41, 5.74) is 0. The van der Waals surface area contributed by atoms with Crippen molar-refractivity contribution in [2.75, 3.05) is 32.4 Å². The largest absolute Gasteiger partial charge is 0.359 e. The number of rotatable bonds is 2. The summed E-state index contributed by atoms with van der Waals surface area (Å²) in [6, 6.07) is 0. The van der Waals surface area contributed by atoms with Gasteiger partial charge in [0.05, 0.1) is 6.26 Å². The quantitative estimate of drug-likeness (QED) is 0.443. The second-order valence-corrected chi connectivity index (χ2v) is 4.42. The molecule has 0 amide bonds. The van der Waals surface area contributed by atoms with Crippen LogP contribution in [0, 0.1) is 0 Å². The summed E-state index contributed by atoms with van der Waals surface area (Å²) in [4.78, 5) is 1.89. The highest BCUT2D eigenvalue weighted by Crippen LogP contribution is 1.90.